The summed E-state index contributed by atoms with van der Waals surface area (Å²) in [5.74, 6) is 0.307. The number of nitro benzene ring substituents is 1. The van der Waals surface area contributed by atoms with Gasteiger partial charge in [-0.1, -0.05) is 12.1 Å². The Morgan fingerprint density at radius 1 is 1.21 bits per heavy atom. The van der Waals surface area contributed by atoms with E-state index in [1.165, 1.54) is 24.3 Å². The molecule has 0 saturated carbocycles. The molecule has 0 radical (unpaired) electrons. The smallest absolute Gasteiger partial charge is 0.269 e. The van der Waals surface area contributed by atoms with Gasteiger partial charge in [-0.3, -0.25) is 14.9 Å². The van der Waals surface area contributed by atoms with Crippen LogP contribution in [0.3, 0.4) is 0 Å². The highest BCUT2D eigenvalue weighted by molar-refractivity contribution is 5.90. The zero-order valence-corrected chi connectivity index (χ0v) is 13.2. The van der Waals surface area contributed by atoms with Crippen LogP contribution >= 0.6 is 0 Å². The molecule has 0 aromatic heterocycles. The summed E-state index contributed by atoms with van der Waals surface area (Å²) in [5, 5.41) is 13.3. The van der Waals surface area contributed by atoms with Crippen LogP contribution in [0.15, 0.2) is 48.5 Å². The summed E-state index contributed by atoms with van der Waals surface area (Å²) in [6, 6.07) is 13.1. The number of nitrogens with one attached hydrogen (secondary N) is 1. The van der Waals surface area contributed by atoms with Crippen LogP contribution in [0.4, 0.5) is 11.4 Å². The van der Waals surface area contributed by atoms with Gasteiger partial charge in [-0.15, -0.1) is 0 Å². The normalized spacial score (nSPS) is 10.2. The first-order chi connectivity index (χ1) is 11.6. The summed E-state index contributed by atoms with van der Waals surface area (Å²) < 4.78 is 10.5. The maximum Gasteiger partial charge on any atom is 0.269 e. The highest BCUT2D eigenvalue weighted by atomic mass is 16.6. The molecule has 2 rings (SSSR count). The first-order valence-corrected chi connectivity index (χ1v) is 7.33. The number of carbonyl (C=O) groups is 1. The highest BCUT2D eigenvalue weighted by Crippen LogP contribution is 2.17. The van der Waals surface area contributed by atoms with Gasteiger partial charge in [0.2, 0.25) is 5.91 Å². The van der Waals surface area contributed by atoms with Crippen LogP contribution < -0.4 is 10.1 Å². The molecule has 0 bridgehead atoms. The molecule has 7 heteroatoms. The molecular formula is C17H18N2O5. The van der Waals surface area contributed by atoms with Gasteiger partial charge in [0.15, 0.2) is 0 Å². The maximum absolute atomic E-state index is 11.9. The van der Waals surface area contributed by atoms with Crippen LogP contribution in [0.5, 0.6) is 5.75 Å². The van der Waals surface area contributed by atoms with E-state index in [1.54, 1.807) is 13.2 Å². The van der Waals surface area contributed by atoms with Crippen molar-refractivity contribution in [1.82, 2.24) is 0 Å². The number of hydrogen-bond donors (Lipinski definition) is 1. The largest absolute Gasteiger partial charge is 0.493 e. The second kappa shape index (κ2) is 8.64. The van der Waals surface area contributed by atoms with Crippen LogP contribution in [0.1, 0.15) is 12.0 Å². The monoisotopic (exact) mass is 330 g/mol. The van der Waals surface area contributed by atoms with Gasteiger partial charge in [-0.2, -0.15) is 0 Å². The van der Waals surface area contributed by atoms with Crippen molar-refractivity contribution in [3.63, 3.8) is 0 Å². The molecule has 2 aromatic rings. The summed E-state index contributed by atoms with van der Waals surface area (Å²) in [6.07, 6.45) is 0.172. The average molecular weight is 330 g/mol. The Balaban J connectivity index is 1.78. The van der Waals surface area contributed by atoms with Gasteiger partial charge >= 0.3 is 0 Å². The Kier molecular flexibility index (Phi) is 6.27. The number of anilines is 1. The molecule has 0 aliphatic rings. The van der Waals surface area contributed by atoms with E-state index in [4.69, 9.17) is 9.47 Å². The van der Waals surface area contributed by atoms with Crippen LogP contribution in [0, 0.1) is 10.1 Å². The van der Waals surface area contributed by atoms with E-state index >= 15 is 0 Å². The predicted octanol–water partition coefficient (Wildman–Crippen LogP) is 3.15. The SMILES string of the molecule is COCc1cccc(NC(=O)CCOc2ccc([N+](=O)[O-])cc2)c1. The van der Waals surface area contributed by atoms with Crippen LogP contribution in [0.2, 0.25) is 0 Å². The van der Waals surface area contributed by atoms with Crippen LogP contribution in [0.25, 0.3) is 0 Å². The van der Waals surface area contributed by atoms with E-state index in [0.29, 0.717) is 18.0 Å². The molecule has 0 unspecified atom stereocenters. The number of carbonyl (C=O) groups excluding carboxylic acids is 1. The Bertz CT molecular complexity index is 700. The van der Waals surface area contributed by atoms with Gasteiger partial charge in [-0.05, 0) is 29.8 Å². The summed E-state index contributed by atoms with van der Waals surface area (Å²) >= 11 is 0. The predicted molar refractivity (Wildman–Crippen MR) is 89.0 cm³/mol. The quantitative estimate of drug-likeness (QED) is 0.593. The number of hydrogen-bond acceptors (Lipinski definition) is 5. The van der Waals surface area contributed by atoms with E-state index < -0.39 is 4.92 Å². The van der Waals surface area contributed by atoms with E-state index in [1.807, 2.05) is 18.2 Å². The minimum absolute atomic E-state index is 0.00367. The number of methoxy groups -OCH3 is 1. The third kappa shape index (κ3) is 5.36. The molecule has 1 N–H and O–H groups in total. The molecule has 0 fully saturated rings. The molecule has 0 aliphatic carbocycles. The van der Waals surface area contributed by atoms with Gasteiger partial charge in [0.1, 0.15) is 5.75 Å². The fourth-order valence-corrected chi connectivity index (χ4v) is 2.05. The minimum Gasteiger partial charge on any atom is -0.493 e. The van der Waals surface area contributed by atoms with E-state index in [-0.39, 0.29) is 24.6 Å². The Morgan fingerprint density at radius 2 is 1.96 bits per heavy atom. The number of ether oxygens (including phenoxy) is 2. The van der Waals surface area contributed by atoms with Gasteiger partial charge < -0.3 is 14.8 Å². The molecule has 0 spiro atoms. The lowest BCUT2D eigenvalue weighted by Crippen LogP contribution is -2.15. The number of non-ortho nitro benzene ring substituents is 1. The second-order valence-electron chi connectivity index (χ2n) is 5.03. The van der Waals surface area contributed by atoms with Crippen molar-refractivity contribution < 1.29 is 19.2 Å². The van der Waals surface area contributed by atoms with Gasteiger partial charge in [0.05, 0.1) is 24.6 Å². The number of rotatable bonds is 8. The summed E-state index contributed by atoms with van der Waals surface area (Å²) in [4.78, 5) is 22.0. The molecule has 24 heavy (non-hydrogen) atoms. The fourth-order valence-electron chi connectivity index (χ4n) is 2.05. The van der Waals surface area contributed by atoms with Crippen molar-refractivity contribution >= 4 is 17.3 Å². The molecule has 0 aliphatic heterocycles. The van der Waals surface area contributed by atoms with Gasteiger partial charge in [0, 0.05) is 24.9 Å². The first-order valence-electron chi connectivity index (χ1n) is 7.33. The number of nitrogens with zero attached hydrogens (tertiary/aromatic N) is 1. The van der Waals surface area contributed by atoms with Crippen molar-refractivity contribution in [2.24, 2.45) is 0 Å². The zero-order chi connectivity index (χ0) is 17.4. The average Bonchev–Trinajstić information content (AvgIpc) is 2.56. The topological polar surface area (TPSA) is 90.7 Å². The first kappa shape index (κ1) is 17.4. The number of benzene rings is 2. The minimum atomic E-state index is -0.477. The Morgan fingerprint density at radius 3 is 2.62 bits per heavy atom. The van der Waals surface area contributed by atoms with Crippen molar-refractivity contribution in [1.29, 1.82) is 0 Å². The molecule has 126 valence electrons. The van der Waals surface area contributed by atoms with E-state index in [9.17, 15) is 14.9 Å². The third-order valence-electron chi connectivity index (χ3n) is 3.17. The molecule has 0 saturated heterocycles. The van der Waals surface area contributed by atoms with Crippen LogP contribution in [-0.2, 0) is 16.1 Å². The Hall–Kier alpha value is -2.93. The zero-order valence-electron chi connectivity index (χ0n) is 13.2. The Labute approximate surface area is 139 Å². The van der Waals surface area contributed by atoms with Crippen molar-refractivity contribution in [3.05, 3.63) is 64.2 Å². The van der Waals surface area contributed by atoms with Gasteiger partial charge in [-0.25, -0.2) is 0 Å². The van der Waals surface area contributed by atoms with Gasteiger partial charge in [0.25, 0.3) is 5.69 Å². The second-order valence-corrected chi connectivity index (χ2v) is 5.03. The molecule has 0 heterocycles. The van der Waals surface area contributed by atoms with Crippen molar-refractivity contribution in [2.75, 3.05) is 19.0 Å². The highest BCUT2D eigenvalue weighted by Gasteiger charge is 2.06. The van der Waals surface area contributed by atoms with Crippen molar-refractivity contribution in [2.45, 2.75) is 13.0 Å². The summed E-state index contributed by atoms with van der Waals surface area (Å²) in [6.45, 7) is 0.661. The fraction of sp³-hybridized carbons (Fsp3) is 0.235. The molecule has 1 amide bonds. The number of nitro groups is 1. The third-order valence-corrected chi connectivity index (χ3v) is 3.17. The lowest BCUT2D eigenvalue weighted by molar-refractivity contribution is -0.384. The number of amides is 1. The van der Waals surface area contributed by atoms with Crippen LogP contribution in [-0.4, -0.2) is 24.5 Å². The maximum atomic E-state index is 11.9. The molecule has 0 atom stereocenters. The lowest BCUT2D eigenvalue weighted by Gasteiger charge is -2.08. The van der Waals surface area contributed by atoms with E-state index in [0.717, 1.165) is 5.56 Å². The summed E-state index contributed by atoms with van der Waals surface area (Å²) in [5.41, 5.74) is 1.67. The van der Waals surface area contributed by atoms with E-state index in [2.05, 4.69) is 5.32 Å². The molecule has 2 aromatic carbocycles. The molecular weight excluding hydrogens is 312 g/mol. The van der Waals surface area contributed by atoms with Crippen molar-refractivity contribution in [3.8, 4) is 5.75 Å². The molecule has 7 nitrogen and oxygen atoms in total. The lowest BCUT2D eigenvalue weighted by atomic mass is 10.2. The standard InChI is InChI=1S/C17H18N2O5/c1-23-12-13-3-2-4-14(11-13)18-17(20)9-10-24-16-7-5-15(6-8-16)19(21)22/h2-8,11H,9-10,12H2,1H3,(H,18,20). The summed E-state index contributed by atoms with van der Waals surface area (Å²) in [7, 11) is 1.61.